The molecule has 5 nitrogen and oxygen atoms in total. The van der Waals surface area contributed by atoms with E-state index in [4.69, 9.17) is 18.9 Å². The lowest BCUT2D eigenvalue weighted by Crippen LogP contribution is -2.25. The fourth-order valence-corrected chi connectivity index (χ4v) is 1.32. The Morgan fingerprint density at radius 1 is 1.14 bits per heavy atom. The molecule has 2 heterocycles. The number of hydrogen-bond acceptors (Lipinski definition) is 5. The molecule has 2 rings (SSSR count). The number of hydrogen-bond donors (Lipinski definition) is 1. The van der Waals surface area contributed by atoms with Crippen molar-refractivity contribution in [1.82, 2.24) is 5.32 Å². The summed E-state index contributed by atoms with van der Waals surface area (Å²) < 4.78 is 20.6. The maximum atomic E-state index is 5.25. The van der Waals surface area contributed by atoms with E-state index in [-0.39, 0.29) is 12.2 Å². The van der Waals surface area contributed by atoms with Crippen molar-refractivity contribution < 1.29 is 18.9 Å². The number of ether oxygens (including phenoxy) is 4. The van der Waals surface area contributed by atoms with Gasteiger partial charge in [-0.15, -0.1) is 0 Å². The molecule has 0 saturated carbocycles. The maximum absolute atomic E-state index is 5.25. The van der Waals surface area contributed by atoms with Crippen LogP contribution in [0.3, 0.4) is 0 Å². The second kappa shape index (κ2) is 5.31. The van der Waals surface area contributed by atoms with Gasteiger partial charge in [0.05, 0.1) is 13.2 Å². The molecular weight excluding hydrogens is 186 g/mol. The van der Waals surface area contributed by atoms with Crippen LogP contribution < -0.4 is 5.32 Å². The summed E-state index contributed by atoms with van der Waals surface area (Å²) in [5, 5.41) is 3.13. The molecule has 2 unspecified atom stereocenters. The Balaban J connectivity index is 1.56. The molecule has 2 fully saturated rings. The molecule has 2 saturated heterocycles. The van der Waals surface area contributed by atoms with Crippen molar-refractivity contribution in [2.45, 2.75) is 12.2 Å². The van der Waals surface area contributed by atoms with Crippen LogP contribution in [-0.4, -0.2) is 45.6 Å². The Kier molecular flexibility index (Phi) is 3.76. The van der Waals surface area contributed by atoms with Crippen LogP contribution in [0, 0.1) is 0 Å². The lowest BCUT2D eigenvalue weighted by atomic mass is 10.3. The lowest BCUT2D eigenvalue weighted by molar-refractivity contribution is 0.0476. The Morgan fingerprint density at radius 2 is 2.00 bits per heavy atom. The van der Waals surface area contributed by atoms with Crippen LogP contribution in [0.1, 0.15) is 0 Å². The molecule has 14 heavy (non-hydrogen) atoms. The highest BCUT2D eigenvalue weighted by atomic mass is 16.7. The molecule has 0 bridgehead atoms. The second-order valence-corrected chi connectivity index (χ2v) is 3.24. The third-order valence-corrected chi connectivity index (χ3v) is 2.11. The molecule has 0 radical (unpaired) electrons. The number of rotatable bonds is 4. The van der Waals surface area contributed by atoms with Gasteiger partial charge in [-0.1, -0.05) is 0 Å². The van der Waals surface area contributed by atoms with Crippen molar-refractivity contribution in [3.63, 3.8) is 0 Å². The molecule has 0 amide bonds. The van der Waals surface area contributed by atoms with Gasteiger partial charge in [0.25, 0.3) is 0 Å². The fourth-order valence-electron chi connectivity index (χ4n) is 1.32. The minimum atomic E-state index is 0.0863. The zero-order valence-corrected chi connectivity index (χ0v) is 7.98. The van der Waals surface area contributed by atoms with Crippen LogP contribution in [0.15, 0.2) is 12.3 Å². The molecule has 0 aromatic heterocycles. The van der Waals surface area contributed by atoms with Gasteiger partial charge in [-0.25, -0.2) is 0 Å². The van der Waals surface area contributed by atoms with Crippen molar-refractivity contribution in [2.75, 3.05) is 33.3 Å². The normalized spacial score (nSPS) is 32.9. The predicted octanol–water partition coefficient (Wildman–Crippen LogP) is -0.164. The van der Waals surface area contributed by atoms with E-state index in [0.717, 1.165) is 6.54 Å². The maximum Gasteiger partial charge on any atom is 0.147 e. The highest BCUT2D eigenvalue weighted by Crippen LogP contribution is 2.04. The smallest absolute Gasteiger partial charge is 0.147 e. The molecule has 5 heteroatoms. The zero-order valence-electron chi connectivity index (χ0n) is 7.98. The summed E-state index contributed by atoms with van der Waals surface area (Å²) in [6, 6.07) is 0. The van der Waals surface area contributed by atoms with Crippen LogP contribution in [0.25, 0.3) is 0 Å². The third-order valence-electron chi connectivity index (χ3n) is 2.11. The molecule has 0 spiro atoms. The Hall–Kier alpha value is -0.620. The summed E-state index contributed by atoms with van der Waals surface area (Å²) in [5.41, 5.74) is 0. The van der Waals surface area contributed by atoms with Gasteiger partial charge in [0.1, 0.15) is 25.8 Å². The van der Waals surface area contributed by atoms with Gasteiger partial charge >= 0.3 is 0 Å². The molecule has 2 atom stereocenters. The first-order chi connectivity index (χ1) is 6.95. The molecule has 0 aromatic carbocycles. The Labute approximate surface area is 83.0 Å². The number of nitrogens with one attached hydrogen (secondary N) is 1. The van der Waals surface area contributed by atoms with Gasteiger partial charge in [-0.05, 0) is 12.3 Å². The molecule has 2 aliphatic heterocycles. The Bertz CT molecular complexity index is 185. The van der Waals surface area contributed by atoms with E-state index in [1.165, 1.54) is 0 Å². The quantitative estimate of drug-likeness (QED) is 0.684. The van der Waals surface area contributed by atoms with E-state index >= 15 is 0 Å². The van der Waals surface area contributed by atoms with E-state index in [2.05, 4.69) is 5.32 Å². The summed E-state index contributed by atoms with van der Waals surface area (Å²) in [6.45, 7) is 2.89. The minimum absolute atomic E-state index is 0.0863. The van der Waals surface area contributed by atoms with Gasteiger partial charge in [0.2, 0.25) is 0 Å². The second-order valence-electron chi connectivity index (χ2n) is 3.24. The van der Waals surface area contributed by atoms with Crippen molar-refractivity contribution in [1.29, 1.82) is 0 Å². The largest absolute Gasteiger partial charge is 0.388 e. The van der Waals surface area contributed by atoms with Gasteiger partial charge in [-0.3, -0.25) is 0 Å². The average molecular weight is 201 g/mol. The van der Waals surface area contributed by atoms with E-state index in [0.29, 0.717) is 26.8 Å². The molecular formula is C9H15NO4. The van der Waals surface area contributed by atoms with E-state index in [1.807, 2.05) is 12.3 Å². The summed E-state index contributed by atoms with van der Waals surface area (Å²) in [4.78, 5) is 0. The summed E-state index contributed by atoms with van der Waals surface area (Å²) in [6.07, 6.45) is 4.08. The van der Waals surface area contributed by atoms with Crippen LogP contribution in [-0.2, 0) is 18.9 Å². The predicted molar refractivity (Wildman–Crippen MR) is 48.5 cm³/mol. The first kappa shape index (κ1) is 9.92. The zero-order chi connectivity index (χ0) is 9.64. The van der Waals surface area contributed by atoms with Crippen molar-refractivity contribution in [2.24, 2.45) is 0 Å². The van der Waals surface area contributed by atoms with Crippen LogP contribution >= 0.6 is 0 Å². The topological polar surface area (TPSA) is 49.0 Å². The minimum Gasteiger partial charge on any atom is -0.388 e. The average Bonchev–Trinajstić information content (AvgIpc) is 2.86. The third kappa shape index (κ3) is 2.95. The van der Waals surface area contributed by atoms with E-state index < -0.39 is 0 Å². The van der Waals surface area contributed by atoms with Gasteiger partial charge in [0.15, 0.2) is 0 Å². The molecule has 80 valence electrons. The van der Waals surface area contributed by atoms with Crippen LogP contribution in [0.5, 0.6) is 0 Å². The fraction of sp³-hybridized carbons (Fsp3) is 0.778. The SMILES string of the molecule is C(=C\C1COCO1)/NCC1COCO1. The van der Waals surface area contributed by atoms with Crippen molar-refractivity contribution in [3.8, 4) is 0 Å². The van der Waals surface area contributed by atoms with E-state index in [9.17, 15) is 0 Å². The van der Waals surface area contributed by atoms with Gasteiger partial charge in [0, 0.05) is 6.54 Å². The Morgan fingerprint density at radius 3 is 2.71 bits per heavy atom. The highest BCUT2D eigenvalue weighted by Gasteiger charge is 2.15. The summed E-state index contributed by atoms with van der Waals surface area (Å²) >= 11 is 0. The molecule has 0 aliphatic carbocycles. The van der Waals surface area contributed by atoms with Crippen LogP contribution in [0.4, 0.5) is 0 Å². The van der Waals surface area contributed by atoms with Gasteiger partial charge in [-0.2, -0.15) is 0 Å². The summed E-state index contributed by atoms with van der Waals surface area (Å²) in [7, 11) is 0. The lowest BCUT2D eigenvalue weighted by Gasteiger charge is -2.06. The molecule has 0 aromatic rings. The standard InChI is InChI=1S/C9H15NO4/c1(8-4-11-6-13-8)2-10-3-9-5-12-7-14-9/h1-2,8-10H,3-7H2/b2-1+. The van der Waals surface area contributed by atoms with Crippen LogP contribution in [0.2, 0.25) is 0 Å². The summed E-state index contributed by atoms with van der Waals surface area (Å²) in [5.74, 6) is 0. The first-order valence-electron chi connectivity index (χ1n) is 4.74. The van der Waals surface area contributed by atoms with Crippen molar-refractivity contribution in [3.05, 3.63) is 12.3 Å². The molecule has 2 aliphatic rings. The monoisotopic (exact) mass is 201 g/mol. The highest BCUT2D eigenvalue weighted by molar-refractivity contribution is 4.89. The first-order valence-corrected chi connectivity index (χ1v) is 4.74. The van der Waals surface area contributed by atoms with Gasteiger partial charge < -0.3 is 24.3 Å². The molecule has 1 N–H and O–H groups in total. The van der Waals surface area contributed by atoms with E-state index in [1.54, 1.807) is 0 Å². The van der Waals surface area contributed by atoms with Crippen molar-refractivity contribution >= 4 is 0 Å².